The number of nitrogens with one attached hydrogen (secondary N) is 1. The smallest absolute Gasteiger partial charge is 0.240 e. The molecule has 2 heterocycles. The average Bonchev–Trinajstić information content (AvgIpc) is 3.04. The van der Waals surface area contributed by atoms with Crippen molar-refractivity contribution < 1.29 is 17.6 Å². The molecule has 0 fully saturated rings. The monoisotopic (exact) mass is 467 g/mol. The number of hydrogen-bond donors (Lipinski definition) is 1. The van der Waals surface area contributed by atoms with Gasteiger partial charge in [0.2, 0.25) is 10.0 Å². The third kappa shape index (κ3) is 5.48. The fourth-order valence-electron chi connectivity index (χ4n) is 2.76. The highest BCUT2D eigenvalue weighted by Crippen LogP contribution is 2.20. The van der Waals surface area contributed by atoms with Crippen molar-refractivity contribution in [2.75, 3.05) is 0 Å². The maximum atomic E-state index is 13.2. The Morgan fingerprint density at radius 2 is 2.00 bits per heavy atom. The highest BCUT2D eigenvalue weighted by Gasteiger charge is 2.16. The number of Topliss-reactive ketones (excluding diaryl/α,β-unsaturated/α-hetero) is 1. The molecule has 2 aromatic heterocycles. The second-order valence-corrected chi connectivity index (χ2v) is 10.1. The largest absolute Gasteiger partial charge is 0.292 e. The molecule has 0 unspecified atom stereocenters. The van der Waals surface area contributed by atoms with E-state index in [0.29, 0.717) is 24.1 Å². The molecule has 0 aliphatic heterocycles. The van der Waals surface area contributed by atoms with Crippen LogP contribution in [0.3, 0.4) is 0 Å². The summed E-state index contributed by atoms with van der Waals surface area (Å²) in [7, 11) is -3.87. The lowest BCUT2D eigenvalue weighted by molar-refractivity contribution is 0.0978. The van der Waals surface area contributed by atoms with E-state index in [-0.39, 0.29) is 22.2 Å². The first kappa shape index (κ1) is 22.5. The van der Waals surface area contributed by atoms with E-state index < -0.39 is 15.8 Å². The topological polar surface area (TPSA) is 89.0 Å². The van der Waals surface area contributed by atoms with Crippen LogP contribution < -0.4 is 4.72 Å². The first-order valence-corrected chi connectivity index (χ1v) is 11.7. The predicted molar refractivity (Wildman–Crippen MR) is 114 cm³/mol. The van der Waals surface area contributed by atoms with Crippen LogP contribution >= 0.6 is 22.9 Å². The van der Waals surface area contributed by atoms with Crippen LogP contribution in [0.1, 0.15) is 38.1 Å². The number of hydrogen-bond acceptors (Lipinski definition) is 6. The number of ketones is 1. The zero-order valence-electron chi connectivity index (χ0n) is 16.3. The summed E-state index contributed by atoms with van der Waals surface area (Å²) in [6.07, 6.45) is 2.39. The molecule has 30 heavy (non-hydrogen) atoms. The van der Waals surface area contributed by atoms with Crippen LogP contribution in [0.2, 0.25) is 5.02 Å². The van der Waals surface area contributed by atoms with E-state index in [2.05, 4.69) is 14.7 Å². The van der Waals surface area contributed by atoms with Gasteiger partial charge >= 0.3 is 0 Å². The number of thiazole rings is 1. The number of carbonyl (C=O) groups is 1. The summed E-state index contributed by atoms with van der Waals surface area (Å²) in [4.78, 5) is 21.8. The van der Waals surface area contributed by atoms with E-state index in [1.165, 1.54) is 6.20 Å². The molecule has 1 N–H and O–H groups in total. The molecule has 3 aromatic rings. The quantitative estimate of drug-likeness (QED) is 0.500. The van der Waals surface area contributed by atoms with Gasteiger partial charge in [-0.2, -0.15) is 0 Å². The molecule has 0 atom stereocenters. The van der Waals surface area contributed by atoms with Gasteiger partial charge in [0.1, 0.15) is 11.5 Å². The molecular formula is C20H19ClFN3O3S2. The molecule has 0 radical (unpaired) electrons. The molecule has 0 aliphatic carbocycles. The predicted octanol–water partition coefficient (Wildman–Crippen LogP) is 4.24. The number of pyridine rings is 1. The Bertz CT molecular complexity index is 1180. The van der Waals surface area contributed by atoms with Crippen LogP contribution in [-0.2, 0) is 23.0 Å². The fourth-order valence-corrected chi connectivity index (χ4v) is 4.99. The van der Waals surface area contributed by atoms with Crippen molar-refractivity contribution in [3.8, 4) is 0 Å². The van der Waals surface area contributed by atoms with E-state index in [0.717, 1.165) is 33.8 Å². The van der Waals surface area contributed by atoms with Crippen molar-refractivity contribution >= 4 is 38.7 Å². The molecular weight excluding hydrogens is 449 g/mol. The van der Waals surface area contributed by atoms with Gasteiger partial charge in [0.25, 0.3) is 0 Å². The molecule has 3 rings (SSSR count). The van der Waals surface area contributed by atoms with Gasteiger partial charge in [0, 0.05) is 24.0 Å². The van der Waals surface area contributed by atoms with Crippen LogP contribution in [0.25, 0.3) is 0 Å². The third-order valence-electron chi connectivity index (χ3n) is 4.36. The van der Waals surface area contributed by atoms with Crippen molar-refractivity contribution in [3.05, 3.63) is 74.2 Å². The Morgan fingerprint density at radius 1 is 1.23 bits per heavy atom. The second-order valence-electron chi connectivity index (χ2n) is 6.62. The highest BCUT2D eigenvalue weighted by atomic mass is 35.5. The van der Waals surface area contributed by atoms with E-state index in [1.807, 2.05) is 13.8 Å². The van der Waals surface area contributed by atoms with Gasteiger partial charge in [0.15, 0.2) is 5.78 Å². The summed E-state index contributed by atoms with van der Waals surface area (Å²) >= 11 is 7.23. The van der Waals surface area contributed by atoms with Gasteiger partial charge in [-0.3, -0.25) is 9.78 Å². The number of rotatable bonds is 8. The number of sulfonamides is 1. The SMILES string of the molecule is Cc1nc(C)c(CCC(=O)c2ccc(CNS(=O)(=O)c3ccc(F)c(Cl)c3)cn2)s1. The standard InChI is InChI=1S/C20H19ClFN3O3S2/c1-12-20(29-13(2)25-12)8-7-19(26)18-6-3-14(10-23-18)11-24-30(27,28)15-4-5-17(22)16(21)9-15/h3-6,9-10,24H,7-8,11H2,1-2H3. The van der Waals surface area contributed by atoms with Gasteiger partial charge in [-0.05, 0) is 50.1 Å². The number of aryl methyl sites for hydroxylation is 3. The van der Waals surface area contributed by atoms with Crippen LogP contribution in [0.5, 0.6) is 0 Å². The number of nitrogens with zero attached hydrogens (tertiary/aromatic N) is 2. The van der Waals surface area contributed by atoms with E-state index in [9.17, 15) is 17.6 Å². The van der Waals surface area contributed by atoms with Crippen LogP contribution in [0, 0.1) is 19.7 Å². The van der Waals surface area contributed by atoms with Gasteiger partial charge in [-0.25, -0.2) is 22.5 Å². The van der Waals surface area contributed by atoms with Gasteiger partial charge in [-0.1, -0.05) is 17.7 Å². The average molecular weight is 468 g/mol. The molecule has 10 heteroatoms. The molecule has 0 aliphatic rings. The Hall–Kier alpha value is -2.20. The molecule has 1 aromatic carbocycles. The zero-order chi connectivity index (χ0) is 21.9. The molecule has 6 nitrogen and oxygen atoms in total. The van der Waals surface area contributed by atoms with Crippen LogP contribution in [-0.4, -0.2) is 24.2 Å². The summed E-state index contributed by atoms with van der Waals surface area (Å²) in [5, 5.41) is 0.703. The first-order valence-electron chi connectivity index (χ1n) is 9.01. The molecule has 158 valence electrons. The van der Waals surface area contributed by atoms with E-state index in [1.54, 1.807) is 23.5 Å². The molecule has 0 saturated carbocycles. The Labute approximate surface area is 183 Å². The summed E-state index contributed by atoms with van der Waals surface area (Å²) in [5.41, 5.74) is 1.85. The molecule has 0 amide bonds. The van der Waals surface area contributed by atoms with Crippen molar-refractivity contribution in [2.45, 2.75) is 38.1 Å². The highest BCUT2D eigenvalue weighted by molar-refractivity contribution is 7.89. The van der Waals surface area contributed by atoms with Gasteiger partial charge < -0.3 is 0 Å². The molecule has 0 bridgehead atoms. The maximum absolute atomic E-state index is 13.2. The van der Waals surface area contributed by atoms with Crippen molar-refractivity contribution in [1.82, 2.24) is 14.7 Å². The van der Waals surface area contributed by atoms with Crippen molar-refractivity contribution in [1.29, 1.82) is 0 Å². The van der Waals surface area contributed by atoms with Crippen molar-refractivity contribution in [2.24, 2.45) is 0 Å². The number of halogens is 2. The second kappa shape index (κ2) is 9.30. The van der Waals surface area contributed by atoms with Crippen LogP contribution in [0.4, 0.5) is 4.39 Å². The van der Waals surface area contributed by atoms with E-state index >= 15 is 0 Å². The minimum Gasteiger partial charge on any atom is -0.292 e. The van der Waals surface area contributed by atoms with Crippen LogP contribution in [0.15, 0.2) is 41.4 Å². The zero-order valence-corrected chi connectivity index (χ0v) is 18.7. The lowest BCUT2D eigenvalue weighted by atomic mass is 10.1. The fraction of sp³-hybridized carbons (Fsp3) is 0.250. The minimum atomic E-state index is -3.87. The lowest BCUT2D eigenvalue weighted by Crippen LogP contribution is -2.23. The Balaban J connectivity index is 1.59. The molecule has 0 spiro atoms. The summed E-state index contributed by atoms with van der Waals surface area (Å²) in [5.74, 6) is -0.783. The summed E-state index contributed by atoms with van der Waals surface area (Å²) in [6.45, 7) is 3.83. The Morgan fingerprint density at radius 3 is 2.60 bits per heavy atom. The normalized spacial score (nSPS) is 11.6. The first-order chi connectivity index (χ1) is 14.2. The summed E-state index contributed by atoms with van der Waals surface area (Å²) < 4.78 is 40.3. The third-order valence-corrected chi connectivity index (χ3v) is 7.18. The van der Waals surface area contributed by atoms with Gasteiger partial charge in [-0.15, -0.1) is 11.3 Å². The number of carbonyl (C=O) groups excluding carboxylic acids is 1. The Kier molecular flexibility index (Phi) is 6.97. The van der Waals surface area contributed by atoms with E-state index in [4.69, 9.17) is 11.6 Å². The number of aromatic nitrogens is 2. The lowest BCUT2D eigenvalue weighted by Gasteiger charge is -2.08. The minimum absolute atomic E-state index is 0.0296. The number of benzene rings is 1. The maximum Gasteiger partial charge on any atom is 0.240 e. The summed E-state index contributed by atoms with van der Waals surface area (Å²) in [6, 6.07) is 6.39. The van der Waals surface area contributed by atoms with Gasteiger partial charge in [0.05, 0.1) is 20.6 Å². The molecule has 0 saturated heterocycles. The van der Waals surface area contributed by atoms with Crippen molar-refractivity contribution in [3.63, 3.8) is 0 Å².